The summed E-state index contributed by atoms with van der Waals surface area (Å²) in [4.78, 5) is 10.3. The van der Waals surface area contributed by atoms with E-state index in [0.717, 1.165) is 6.54 Å². The maximum Gasteiger partial charge on any atom is 0.332 e. The third-order valence-electron chi connectivity index (χ3n) is 2.30. The Morgan fingerprint density at radius 2 is 2.00 bits per heavy atom. The fraction of sp³-hybridized carbons (Fsp3) is 0.357. The van der Waals surface area contributed by atoms with Crippen LogP contribution in [0.4, 0.5) is 0 Å². The lowest BCUT2D eigenvalue weighted by molar-refractivity contribution is -0.132. The number of carboxylic acid groups (broad SMARTS) is 1. The second kappa shape index (κ2) is 9.68. The highest BCUT2D eigenvalue weighted by atomic mass is 35.5. The van der Waals surface area contributed by atoms with Crippen molar-refractivity contribution in [3.8, 4) is 0 Å². The molecule has 1 unspecified atom stereocenters. The molecule has 2 N–H and O–H groups in total. The lowest BCUT2D eigenvalue weighted by Gasteiger charge is -2.10. The van der Waals surface area contributed by atoms with E-state index in [2.05, 4.69) is 11.9 Å². The zero-order chi connectivity index (χ0) is 14.0. The molecule has 0 spiro atoms. The van der Waals surface area contributed by atoms with E-state index in [1.165, 1.54) is 5.56 Å². The molecule has 1 aromatic carbocycles. The van der Waals surface area contributed by atoms with Crippen molar-refractivity contribution in [2.24, 2.45) is 0 Å². The fourth-order valence-electron chi connectivity index (χ4n) is 1.18. The second-order valence-electron chi connectivity index (χ2n) is 3.73. The molecule has 0 saturated heterocycles. The van der Waals surface area contributed by atoms with E-state index >= 15 is 0 Å². The van der Waals surface area contributed by atoms with Crippen molar-refractivity contribution in [3.05, 3.63) is 48.0 Å². The first-order valence-corrected chi connectivity index (χ1v) is 6.31. The molecule has 3 nitrogen and oxygen atoms in total. The highest BCUT2D eigenvalue weighted by Gasteiger charge is 2.10. The second-order valence-corrected chi connectivity index (χ2v) is 4.00. The summed E-state index contributed by atoms with van der Waals surface area (Å²) in [6.07, 6.45) is 0. The number of benzene rings is 1. The Hall–Kier alpha value is -1.32. The molecule has 4 heteroatoms. The fourth-order valence-corrected chi connectivity index (χ4v) is 1.36. The van der Waals surface area contributed by atoms with Crippen molar-refractivity contribution < 1.29 is 9.90 Å². The van der Waals surface area contributed by atoms with E-state index in [9.17, 15) is 4.79 Å². The molecule has 0 aliphatic carbocycles. The van der Waals surface area contributed by atoms with Crippen LogP contribution >= 0.6 is 11.6 Å². The highest BCUT2D eigenvalue weighted by molar-refractivity contribution is 6.17. The van der Waals surface area contributed by atoms with Crippen LogP contribution in [-0.4, -0.2) is 23.7 Å². The molecule has 0 fully saturated rings. The minimum atomic E-state index is -0.937. The van der Waals surface area contributed by atoms with Gasteiger partial charge in [-0.05, 0) is 19.0 Å². The number of aliphatic carboxylic acids is 1. The van der Waals surface area contributed by atoms with Gasteiger partial charge in [-0.2, -0.15) is 0 Å². The molecule has 0 aliphatic heterocycles. The minimum absolute atomic E-state index is 0.137. The molecule has 18 heavy (non-hydrogen) atoms. The summed E-state index contributed by atoms with van der Waals surface area (Å²) in [6.45, 7) is 7.87. The Kier molecular flexibility index (Phi) is 8.97. The van der Waals surface area contributed by atoms with Gasteiger partial charge in [0, 0.05) is 17.5 Å². The van der Waals surface area contributed by atoms with Crippen LogP contribution in [-0.2, 0) is 10.7 Å². The van der Waals surface area contributed by atoms with E-state index in [0.29, 0.717) is 5.88 Å². The summed E-state index contributed by atoms with van der Waals surface area (Å²) >= 11 is 5.53. The molecule has 0 bridgehead atoms. The molecular weight excluding hydrogens is 250 g/mol. The molecule has 0 heterocycles. The number of carboxylic acids is 1. The summed E-state index contributed by atoms with van der Waals surface area (Å²) in [5, 5.41) is 11.4. The quantitative estimate of drug-likeness (QED) is 0.638. The van der Waals surface area contributed by atoms with Crippen molar-refractivity contribution in [1.82, 2.24) is 5.32 Å². The Bertz CT molecular complexity index is 365. The molecule has 0 amide bonds. The first-order valence-electron chi connectivity index (χ1n) is 5.78. The molecule has 0 saturated carbocycles. The summed E-state index contributed by atoms with van der Waals surface area (Å²) in [7, 11) is 0. The van der Waals surface area contributed by atoms with Crippen LogP contribution in [0.1, 0.15) is 19.4 Å². The van der Waals surface area contributed by atoms with Crippen LogP contribution < -0.4 is 5.32 Å². The average molecular weight is 270 g/mol. The molecular formula is C14H20ClNO2. The van der Waals surface area contributed by atoms with Gasteiger partial charge in [0.25, 0.3) is 0 Å². The first kappa shape index (κ1) is 16.7. The van der Waals surface area contributed by atoms with Crippen molar-refractivity contribution in [2.75, 3.05) is 6.54 Å². The average Bonchev–Trinajstić information content (AvgIpc) is 2.39. The molecule has 100 valence electrons. The smallest absolute Gasteiger partial charge is 0.332 e. The van der Waals surface area contributed by atoms with E-state index in [1.807, 2.05) is 37.3 Å². The third kappa shape index (κ3) is 7.09. The van der Waals surface area contributed by atoms with Gasteiger partial charge in [-0.1, -0.05) is 43.8 Å². The topological polar surface area (TPSA) is 49.3 Å². The highest BCUT2D eigenvalue weighted by Crippen LogP contribution is 2.00. The lowest BCUT2D eigenvalue weighted by atomic mass is 10.1. The van der Waals surface area contributed by atoms with Gasteiger partial charge in [0.1, 0.15) is 0 Å². The molecule has 0 aromatic heterocycles. The van der Waals surface area contributed by atoms with Gasteiger partial charge in [-0.15, -0.1) is 11.6 Å². The van der Waals surface area contributed by atoms with Gasteiger partial charge in [0.05, 0.1) is 0 Å². The van der Waals surface area contributed by atoms with Crippen molar-refractivity contribution in [3.63, 3.8) is 0 Å². The Morgan fingerprint density at radius 1 is 1.44 bits per heavy atom. The predicted octanol–water partition coefficient (Wildman–Crippen LogP) is 3.05. The van der Waals surface area contributed by atoms with Gasteiger partial charge in [-0.3, -0.25) is 0 Å². The number of hydrogen-bond donors (Lipinski definition) is 2. The zero-order valence-electron chi connectivity index (χ0n) is 10.8. The van der Waals surface area contributed by atoms with Crippen LogP contribution in [0.2, 0.25) is 0 Å². The van der Waals surface area contributed by atoms with Gasteiger partial charge in [-0.25, -0.2) is 4.79 Å². The van der Waals surface area contributed by atoms with E-state index < -0.39 is 5.97 Å². The van der Waals surface area contributed by atoms with E-state index in [4.69, 9.17) is 16.7 Å². The monoisotopic (exact) mass is 269 g/mol. The number of alkyl halides is 1. The lowest BCUT2D eigenvalue weighted by Crippen LogP contribution is -2.30. The Balaban J connectivity index is 0.000000327. The molecule has 0 radical (unpaired) electrons. The largest absolute Gasteiger partial charge is 0.478 e. The Labute approximate surface area is 113 Å². The van der Waals surface area contributed by atoms with E-state index in [1.54, 1.807) is 6.92 Å². The summed E-state index contributed by atoms with van der Waals surface area (Å²) < 4.78 is 0. The summed E-state index contributed by atoms with van der Waals surface area (Å²) in [5.74, 6) is -0.325. The number of hydrogen-bond acceptors (Lipinski definition) is 2. The molecule has 1 rings (SSSR count). The van der Waals surface area contributed by atoms with Crippen LogP contribution in [0.3, 0.4) is 0 Å². The number of halogens is 1. The van der Waals surface area contributed by atoms with Crippen LogP contribution in [0.15, 0.2) is 42.5 Å². The van der Waals surface area contributed by atoms with Crippen molar-refractivity contribution >= 4 is 17.6 Å². The van der Waals surface area contributed by atoms with Crippen molar-refractivity contribution in [1.29, 1.82) is 0 Å². The number of likely N-dealkylation sites (N-methyl/N-ethyl adjacent to an activating group) is 1. The van der Waals surface area contributed by atoms with Gasteiger partial charge in [0.15, 0.2) is 0 Å². The maximum atomic E-state index is 10.3. The number of rotatable bonds is 5. The standard InChI is InChI=1S/C7H7Cl.C7H13NO2/c8-6-7-4-2-1-3-5-7;1-4-8-6(3)5(2)7(9)10/h1-5H,6H2;6,8H,2,4H2,1,3H3,(H,9,10). The third-order valence-corrected chi connectivity index (χ3v) is 2.61. The minimum Gasteiger partial charge on any atom is -0.478 e. The van der Waals surface area contributed by atoms with Crippen LogP contribution in [0, 0.1) is 0 Å². The van der Waals surface area contributed by atoms with E-state index in [-0.39, 0.29) is 11.6 Å². The molecule has 1 atom stereocenters. The van der Waals surface area contributed by atoms with Crippen molar-refractivity contribution in [2.45, 2.75) is 25.8 Å². The van der Waals surface area contributed by atoms with Crippen LogP contribution in [0.5, 0.6) is 0 Å². The summed E-state index contributed by atoms with van der Waals surface area (Å²) in [5.41, 5.74) is 1.39. The van der Waals surface area contributed by atoms with Gasteiger partial charge < -0.3 is 10.4 Å². The SMILES string of the molecule is C=C(C(=O)O)C(C)NCC.ClCc1ccccc1. The molecule has 0 aliphatic rings. The normalized spacial score (nSPS) is 11.1. The zero-order valence-corrected chi connectivity index (χ0v) is 11.6. The van der Waals surface area contributed by atoms with Crippen LogP contribution in [0.25, 0.3) is 0 Å². The predicted molar refractivity (Wildman–Crippen MR) is 75.9 cm³/mol. The van der Waals surface area contributed by atoms with Gasteiger partial charge in [0.2, 0.25) is 0 Å². The Morgan fingerprint density at radius 3 is 2.33 bits per heavy atom. The number of carbonyl (C=O) groups is 1. The maximum absolute atomic E-state index is 10.3. The first-order chi connectivity index (χ1) is 8.52. The summed E-state index contributed by atoms with van der Waals surface area (Å²) in [6, 6.07) is 9.83. The molecule has 1 aromatic rings. The van der Waals surface area contributed by atoms with Gasteiger partial charge >= 0.3 is 5.97 Å². The number of nitrogens with one attached hydrogen (secondary N) is 1.